The van der Waals surface area contributed by atoms with E-state index in [1.165, 1.54) is 24.0 Å². The normalized spacial score (nSPS) is 14.5. The van der Waals surface area contributed by atoms with E-state index in [1.54, 1.807) is 6.20 Å². The summed E-state index contributed by atoms with van der Waals surface area (Å²) in [5.41, 5.74) is 10.4. The second-order valence-corrected chi connectivity index (χ2v) is 6.38. The number of nitrogens with two attached hydrogens (primary N) is 1. The van der Waals surface area contributed by atoms with Crippen LogP contribution in [0.25, 0.3) is 0 Å². The van der Waals surface area contributed by atoms with Crippen molar-refractivity contribution >= 4 is 11.6 Å². The van der Waals surface area contributed by atoms with Crippen LogP contribution in [0.3, 0.4) is 0 Å². The maximum Gasteiger partial charge on any atom is 0.213 e. The van der Waals surface area contributed by atoms with E-state index >= 15 is 0 Å². The predicted molar refractivity (Wildman–Crippen MR) is 97.3 cm³/mol. The molecule has 1 aliphatic carbocycles. The quantitative estimate of drug-likeness (QED) is 0.631. The first-order valence-electron chi connectivity index (χ1n) is 8.32. The number of nitrogens with one attached hydrogen (secondary N) is 1. The van der Waals surface area contributed by atoms with E-state index in [0.29, 0.717) is 24.3 Å². The Balaban J connectivity index is 1.57. The Labute approximate surface area is 143 Å². The van der Waals surface area contributed by atoms with Crippen molar-refractivity contribution in [1.29, 1.82) is 0 Å². The zero-order chi connectivity index (χ0) is 16.9. The molecule has 126 valence electrons. The molecule has 0 atom stereocenters. The fourth-order valence-corrected chi connectivity index (χ4v) is 2.30. The lowest BCUT2D eigenvalue weighted by Crippen LogP contribution is -2.22. The minimum atomic E-state index is 0.399. The third kappa shape index (κ3) is 4.72. The summed E-state index contributed by atoms with van der Waals surface area (Å²) in [6.07, 6.45) is 4.29. The predicted octanol–water partition coefficient (Wildman–Crippen LogP) is 3.41. The third-order valence-electron chi connectivity index (χ3n) is 4.17. The van der Waals surface area contributed by atoms with Crippen molar-refractivity contribution in [3.8, 4) is 5.88 Å². The SMILES string of the molecule is Cc1ccc(NC(N)=NCc2ccnc(OCC3CC3)c2)cc1C. The van der Waals surface area contributed by atoms with Gasteiger partial charge in [0.1, 0.15) is 0 Å². The van der Waals surface area contributed by atoms with Gasteiger partial charge in [-0.2, -0.15) is 0 Å². The first-order valence-corrected chi connectivity index (χ1v) is 8.32. The smallest absolute Gasteiger partial charge is 0.213 e. The van der Waals surface area contributed by atoms with Crippen molar-refractivity contribution < 1.29 is 4.74 Å². The van der Waals surface area contributed by atoms with Gasteiger partial charge in [-0.05, 0) is 67.5 Å². The molecule has 1 fully saturated rings. The molecule has 0 aliphatic heterocycles. The fourth-order valence-electron chi connectivity index (χ4n) is 2.30. The van der Waals surface area contributed by atoms with Gasteiger partial charge in [0.15, 0.2) is 5.96 Å². The summed E-state index contributed by atoms with van der Waals surface area (Å²) in [5.74, 6) is 1.78. The highest BCUT2D eigenvalue weighted by Gasteiger charge is 2.22. The van der Waals surface area contributed by atoms with Crippen LogP contribution >= 0.6 is 0 Å². The number of guanidine groups is 1. The maximum absolute atomic E-state index is 5.98. The Hall–Kier alpha value is -2.56. The summed E-state index contributed by atoms with van der Waals surface area (Å²) < 4.78 is 5.69. The van der Waals surface area contributed by atoms with Crippen LogP contribution in [0.1, 0.15) is 29.5 Å². The van der Waals surface area contributed by atoms with Crippen LogP contribution in [0.2, 0.25) is 0 Å². The zero-order valence-corrected chi connectivity index (χ0v) is 14.2. The lowest BCUT2D eigenvalue weighted by Gasteiger charge is -2.08. The maximum atomic E-state index is 5.98. The molecule has 3 rings (SSSR count). The van der Waals surface area contributed by atoms with Crippen LogP contribution in [0.5, 0.6) is 5.88 Å². The summed E-state index contributed by atoms with van der Waals surface area (Å²) >= 11 is 0. The van der Waals surface area contributed by atoms with Crippen LogP contribution in [0.4, 0.5) is 5.69 Å². The molecule has 1 aromatic carbocycles. The Kier molecular flexibility index (Phi) is 4.99. The van der Waals surface area contributed by atoms with Crippen molar-refractivity contribution in [3.05, 3.63) is 53.2 Å². The number of hydrogen-bond acceptors (Lipinski definition) is 3. The molecule has 0 amide bonds. The summed E-state index contributed by atoms with van der Waals surface area (Å²) in [6.45, 7) is 5.42. The van der Waals surface area contributed by atoms with E-state index in [4.69, 9.17) is 10.5 Å². The molecule has 0 radical (unpaired) electrons. The van der Waals surface area contributed by atoms with Crippen LogP contribution < -0.4 is 15.8 Å². The van der Waals surface area contributed by atoms with Crippen LogP contribution in [0, 0.1) is 19.8 Å². The number of hydrogen-bond donors (Lipinski definition) is 2. The first-order chi connectivity index (χ1) is 11.6. The second kappa shape index (κ2) is 7.34. The van der Waals surface area contributed by atoms with Gasteiger partial charge in [0.2, 0.25) is 5.88 Å². The molecule has 5 heteroatoms. The molecule has 24 heavy (non-hydrogen) atoms. The summed E-state index contributed by atoms with van der Waals surface area (Å²) in [7, 11) is 0. The van der Waals surface area contributed by atoms with E-state index in [2.05, 4.69) is 41.3 Å². The van der Waals surface area contributed by atoms with E-state index in [-0.39, 0.29) is 0 Å². The Morgan fingerprint density at radius 1 is 1.25 bits per heavy atom. The number of benzene rings is 1. The molecule has 1 heterocycles. The summed E-state index contributed by atoms with van der Waals surface area (Å²) in [4.78, 5) is 8.62. The molecular formula is C19H24N4O. The number of aryl methyl sites for hydroxylation is 2. The topological polar surface area (TPSA) is 72.5 Å². The molecule has 0 saturated heterocycles. The molecule has 0 unspecified atom stereocenters. The molecule has 5 nitrogen and oxygen atoms in total. The van der Waals surface area contributed by atoms with Gasteiger partial charge in [0.05, 0.1) is 13.2 Å². The molecule has 0 bridgehead atoms. The lowest BCUT2D eigenvalue weighted by molar-refractivity contribution is 0.288. The summed E-state index contributed by atoms with van der Waals surface area (Å²) in [5, 5.41) is 3.12. The standard InChI is InChI=1S/C19H24N4O/c1-13-3-6-17(9-14(13)2)23-19(20)22-11-16-7-8-21-18(10-16)24-12-15-4-5-15/h3,6-10,15H,4-5,11-12H2,1-2H3,(H3,20,22,23). The monoisotopic (exact) mass is 324 g/mol. The molecule has 1 saturated carbocycles. The van der Waals surface area contributed by atoms with Gasteiger partial charge in [0, 0.05) is 18.0 Å². The van der Waals surface area contributed by atoms with Gasteiger partial charge >= 0.3 is 0 Å². The number of nitrogens with zero attached hydrogens (tertiary/aromatic N) is 2. The Morgan fingerprint density at radius 2 is 2.08 bits per heavy atom. The largest absolute Gasteiger partial charge is 0.477 e. The van der Waals surface area contributed by atoms with Gasteiger partial charge in [-0.15, -0.1) is 0 Å². The lowest BCUT2D eigenvalue weighted by atomic mass is 10.1. The minimum absolute atomic E-state index is 0.399. The highest BCUT2D eigenvalue weighted by Crippen LogP contribution is 2.29. The van der Waals surface area contributed by atoms with Gasteiger partial charge in [0.25, 0.3) is 0 Å². The van der Waals surface area contributed by atoms with Gasteiger partial charge in [-0.1, -0.05) is 6.07 Å². The number of aromatic nitrogens is 1. The van der Waals surface area contributed by atoms with Crippen molar-refractivity contribution in [2.45, 2.75) is 33.2 Å². The Bertz CT molecular complexity index is 738. The third-order valence-corrected chi connectivity index (χ3v) is 4.17. The second-order valence-electron chi connectivity index (χ2n) is 6.38. The number of aliphatic imine (C=N–C) groups is 1. The fraction of sp³-hybridized carbons (Fsp3) is 0.368. The van der Waals surface area contributed by atoms with Crippen LogP contribution in [0.15, 0.2) is 41.5 Å². The molecule has 1 aromatic heterocycles. The molecule has 0 spiro atoms. The van der Waals surface area contributed by atoms with Crippen LogP contribution in [-0.4, -0.2) is 17.6 Å². The first kappa shape index (κ1) is 16.3. The molecular weight excluding hydrogens is 300 g/mol. The Morgan fingerprint density at radius 3 is 2.83 bits per heavy atom. The molecule has 3 N–H and O–H groups in total. The number of pyridine rings is 1. The van der Waals surface area contributed by atoms with Crippen molar-refractivity contribution in [1.82, 2.24) is 4.98 Å². The van der Waals surface area contributed by atoms with Crippen molar-refractivity contribution in [3.63, 3.8) is 0 Å². The van der Waals surface area contributed by atoms with Crippen molar-refractivity contribution in [2.75, 3.05) is 11.9 Å². The van der Waals surface area contributed by atoms with Gasteiger partial charge < -0.3 is 15.8 Å². The number of ether oxygens (including phenoxy) is 1. The van der Waals surface area contributed by atoms with E-state index < -0.39 is 0 Å². The molecule has 2 aromatic rings. The van der Waals surface area contributed by atoms with E-state index in [1.807, 2.05) is 18.2 Å². The average Bonchev–Trinajstić information content (AvgIpc) is 3.39. The molecule has 1 aliphatic rings. The summed E-state index contributed by atoms with van der Waals surface area (Å²) in [6, 6.07) is 9.98. The highest BCUT2D eigenvalue weighted by molar-refractivity contribution is 5.92. The zero-order valence-electron chi connectivity index (χ0n) is 14.2. The van der Waals surface area contributed by atoms with Crippen molar-refractivity contribution in [2.24, 2.45) is 16.6 Å². The van der Waals surface area contributed by atoms with Gasteiger partial charge in [-0.25, -0.2) is 9.98 Å². The number of anilines is 1. The van der Waals surface area contributed by atoms with Gasteiger partial charge in [-0.3, -0.25) is 0 Å². The average molecular weight is 324 g/mol. The highest BCUT2D eigenvalue weighted by atomic mass is 16.5. The minimum Gasteiger partial charge on any atom is -0.477 e. The van der Waals surface area contributed by atoms with Crippen LogP contribution in [-0.2, 0) is 6.54 Å². The van der Waals surface area contributed by atoms with E-state index in [0.717, 1.165) is 17.9 Å². The van der Waals surface area contributed by atoms with E-state index in [9.17, 15) is 0 Å². The number of rotatable bonds is 6.